The average molecular weight is 377 g/mol. The van der Waals surface area contributed by atoms with E-state index in [1.165, 1.54) is 11.1 Å². The highest BCUT2D eigenvalue weighted by Crippen LogP contribution is 2.20. The van der Waals surface area contributed by atoms with Crippen LogP contribution in [0.3, 0.4) is 0 Å². The van der Waals surface area contributed by atoms with Crippen LogP contribution in [0.15, 0.2) is 72.0 Å². The normalized spacial score (nSPS) is 12.6. The minimum atomic E-state index is 0.349. The van der Waals surface area contributed by atoms with Crippen LogP contribution in [0.25, 0.3) is 0 Å². The van der Waals surface area contributed by atoms with Crippen molar-refractivity contribution in [2.24, 2.45) is 12.0 Å². The second-order valence-electron chi connectivity index (χ2n) is 6.73. The number of benzene rings is 2. The van der Waals surface area contributed by atoms with Crippen molar-refractivity contribution in [1.29, 1.82) is 0 Å². The number of rotatable bonds is 8. The van der Waals surface area contributed by atoms with Crippen molar-refractivity contribution < 1.29 is 0 Å². The Balaban J connectivity index is 1.70. The van der Waals surface area contributed by atoms with Gasteiger partial charge in [-0.3, -0.25) is 0 Å². The van der Waals surface area contributed by atoms with E-state index in [-0.39, 0.29) is 0 Å². The molecule has 1 heterocycles. The molecule has 28 heavy (non-hydrogen) atoms. The first kappa shape index (κ1) is 19.6. The predicted molar refractivity (Wildman–Crippen MR) is 113 cm³/mol. The Morgan fingerprint density at radius 2 is 1.75 bits per heavy atom. The molecule has 0 saturated carbocycles. The van der Waals surface area contributed by atoms with E-state index < -0.39 is 0 Å². The van der Waals surface area contributed by atoms with Crippen LogP contribution in [0.1, 0.15) is 29.8 Å². The third-order valence-electron chi connectivity index (χ3n) is 4.64. The maximum absolute atomic E-state index is 4.66. The fourth-order valence-corrected chi connectivity index (χ4v) is 3.09. The molecule has 0 amide bonds. The minimum absolute atomic E-state index is 0.349. The van der Waals surface area contributed by atoms with Crippen molar-refractivity contribution in [3.63, 3.8) is 0 Å². The van der Waals surface area contributed by atoms with Crippen molar-refractivity contribution in [3.05, 3.63) is 83.9 Å². The summed E-state index contributed by atoms with van der Waals surface area (Å²) in [5, 5.41) is 14.8. The Morgan fingerprint density at radius 3 is 2.39 bits per heavy atom. The lowest BCUT2D eigenvalue weighted by molar-refractivity contribution is 0.643. The van der Waals surface area contributed by atoms with Crippen LogP contribution in [-0.2, 0) is 20.0 Å². The molecule has 6 heteroatoms. The summed E-state index contributed by atoms with van der Waals surface area (Å²) in [7, 11) is 1.93. The van der Waals surface area contributed by atoms with Crippen molar-refractivity contribution in [3.8, 4) is 0 Å². The van der Waals surface area contributed by atoms with Crippen LogP contribution in [0.5, 0.6) is 0 Å². The van der Waals surface area contributed by atoms with Gasteiger partial charge < -0.3 is 15.2 Å². The first-order valence-electron chi connectivity index (χ1n) is 9.70. The molecule has 1 atom stereocenters. The molecule has 0 spiro atoms. The van der Waals surface area contributed by atoms with Gasteiger partial charge in [-0.2, -0.15) is 0 Å². The van der Waals surface area contributed by atoms with Gasteiger partial charge in [-0.25, -0.2) is 4.99 Å². The second-order valence-corrected chi connectivity index (χ2v) is 6.73. The van der Waals surface area contributed by atoms with Gasteiger partial charge in [-0.15, -0.1) is 10.2 Å². The van der Waals surface area contributed by atoms with Crippen molar-refractivity contribution >= 4 is 5.96 Å². The van der Waals surface area contributed by atoms with Crippen LogP contribution < -0.4 is 10.6 Å². The number of nitrogens with zero attached hydrogens (tertiary/aromatic N) is 4. The highest BCUT2D eigenvalue weighted by Gasteiger charge is 2.13. The number of aromatic nitrogens is 3. The summed E-state index contributed by atoms with van der Waals surface area (Å²) < 4.78 is 1.88. The second kappa shape index (κ2) is 10.3. The largest absolute Gasteiger partial charge is 0.357 e. The van der Waals surface area contributed by atoms with E-state index in [2.05, 4.69) is 93.4 Å². The van der Waals surface area contributed by atoms with Crippen molar-refractivity contribution in [1.82, 2.24) is 25.4 Å². The van der Waals surface area contributed by atoms with Gasteiger partial charge in [-0.05, 0) is 24.5 Å². The Bertz CT molecular complexity index is 857. The van der Waals surface area contributed by atoms with Gasteiger partial charge in [0.1, 0.15) is 12.9 Å². The molecule has 0 aliphatic carbocycles. The molecule has 146 valence electrons. The predicted octanol–water partition coefficient (Wildman–Crippen LogP) is 2.90. The number of aliphatic imine (C=N–C) groups is 1. The van der Waals surface area contributed by atoms with Crippen molar-refractivity contribution in [2.75, 3.05) is 13.1 Å². The van der Waals surface area contributed by atoms with Crippen LogP contribution >= 0.6 is 0 Å². The average Bonchev–Trinajstić information content (AvgIpc) is 3.15. The molecule has 0 bridgehead atoms. The molecular weight excluding hydrogens is 348 g/mol. The molecule has 1 unspecified atom stereocenters. The zero-order chi connectivity index (χ0) is 19.6. The fraction of sp³-hybridized carbons (Fsp3) is 0.318. The molecule has 0 saturated heterocycles. The zero-order valence-electron chi connectivity index (χ0n) is 16.5. The summed E-state index contributed by atoms with van der Waals surface area (Å²) in [4.78, 5) is 4.66. The van der Waals surface area contributed by atoms with Gasteiger partial charge in [0.15, 0.2) is 11.8 Å². The quantitative estimate of drug-likeness (QED) is 0.469. The van der Waals surface area contributed by atoms with Gasteiger partial charge in [0.25, 0.3) is 0 Å². The van der Waals surface area contributed by atoms with Crippen LogP contribution in [0, 0.1) is 0 Å². The monoisotopic (exact) mass is 376 g/mol. The molecule has 0 aliphatic heterocycles. The maximum Gasteiger partial charge on any atom is 0.191 e. The number of aryl methyl sites for hydroxylation is 1. The summed E-state index contributed by atoms with van der Waals surface area (Å²) in [5.41, 5.74) is 2.65. The summed E-state index contributed by atoms with van der Waals surface area (Å²) >= 11 is 0. The van der Waals surface area contributed by atoms with E-state index >= 15 is 0 Å². The number of hydrogen-bond donors (Lipinski definition) is 2. The molecule has 6 nitrogen and oxygen atoms in total. The van der Waals surface area contributed by atoms with Gasteiger partial charge in [0.05, 0.1) is 0 Å². The Kier molecular flexibility index (Phi) is 7.18. The van der Waals surface area contributed by atoms with E-state index in [0.29, 0.717) is 12.5 Å². The molecule has 0 aliphatic rings. The molecule has 1 aromatic heterocycles. The van der Waals surface area contributed by atoms with E-state index in [1.807, 2.05) is 11.6 Å². The molecule has 0 fully saturated rings. The summed E-state index contributed by atoms with van der Waals surface area (Å²) in [6, 6.07) is 21.3. The topological polar surface area (TPSA) is 67.1 Å². The summed E-state index contributed by atoms with van der Waals surface area (Å²) in [5.74, 6) is 1.97. The Hall–Kier alpha value is -3.15. The summed E-state index contributed by atoms with van der Waals surface area (Å²) in [6.07, 6.45) is 2.66. The molecule has 2 N–H and O–H groups in total. The maximum atomic E-state index is 4.66. The molecular formula is C22H28N6. The number of nitrogens with one attached hydrogen (secondary N) is 2. The molecule has 2 aromatic carbocycles. The summed E-state index contributed by atoms with van der Waals surface area (Å²) in [6.45, 7) is 4.15. The van der Waals surface area contributed by atoms with E-state index in [4.69, 9.17) is 0 Å². The lowest BCUT2D eigenvalue weighted by Crippen LogP contribution is -2.39. The fourth-order valence-electron chi connectivity index (χ4n) is 3.09. The van der Waals surface area contributed by atoms with Gasteiger partial charge >= 0.3 is 0 Å². The SMILES string of the molecule is CCNC(=NCc1nncn1C)NCC(Cc1ccccc1)c1ccccc1. The number of hydrogen-bond acceptors (Lipinski definition) is 3. The van der Waals surface area contributed by atoms with Gasteiger partial charge in [0, 0.05) is 26.1 Å². The zero-order valence-corrected chi connectivity index (χ0v) is 16.5. The first-order chi connectivity index (χ1) is 13.8. The van der Waals surface area contributed by atoms with Crippen molar-refractivity contribution in [2.45, 2.75) is 25.8 Å². The van der Waals surface area contributed by atoms with E-state index in [0.717, 1.165) is 31.3 Å². The molecule has 0 radical (unpaired) electrons. The van der Waals surface area contributed by atoms with E-state index in [9.17, 15) is 0 Å². The molecule has 3 aromatic rings. The van der Waals surface area contributed by atoms with Gasteiger partial charge in [0.2, 0.25) is 0 Å². The van der Waals surface area contributed by atoms with E-state index in [1.54, 1.807) is 6.33 Å². The Morgan fingerprint density at radius 1 is 1.04 bits per heavy atom. The van der Waals surface area contributed by atoms with Crippen LogP contribution in [0.4, 0.5) is 0 Å². The lowest BCUT2D eigenvalue weighted by Gasteiger charge is -2.20. The first-order valence-corrected chi connectivity index (χ1v) is 9.70. The lowest BCUT2D eigenvalue weighted by atomic mass is 9.92. The highest BCUT2D eigenvalue weighted by molar-refractivity contribution is 5.79. The van der Waals surface area contributed by atoms with Crippen LogP contribution in [0.2, 0.25) is 0 Å². The molecule has 3 rings (SSSR count). The Labute approximate surface area is 166 Å². The minimum Gasteiger partial charge on any atom is -0.357 e. The number of guanidine groups is 1. The smallest absolute Gasteiger partial charge is 0.191 e. The highest BCUT2D eigenvalue weighted by atomic mass is 15.3. The van der Waals surface area contributed by atoms with Crippen LogP contribution in [-0.4, -0.2) is 33.8 Å². The third kappa shape index (κ3) is 5.67. The third-order valence-corrected chi connectivity index (χ3v) is 4.64. The standard InChI is InChI=1S/C22H28N6/c1-3-23-22(25-16-21-27-26-17-28(21)2)24-15-20(19-12-8-5-9-13-19)14-18-10-6-4-7-11-18/h4-13,17,20H,3,14-16H2,1-2H3,(H2,23,24,25). The van der Waals surface area contributed by atoms with Gasteiger partial charge in [-0.1, -0.05) is 60.7 Å².